The van der Waals surface area contributed by atoms with Crippen LogP contribution in [0.15, 0.2) is 73.1 Å². The number of carbonyl (C=O) groups is 3. The van der Waals surface area contributed by atoms with E-state index in [1.165, 1.54) is 0 Å². The molecule has 0 aliphatic carbocycles. The van der Waals surface area contributed by atoms with Crippen molar-refractivity contribution in [2.24, 2.45) is 0 Å². The molecule has 1 fully saturated rings. The molecular formula is C27H24F6N6O5. The first-order valence-electron chi connectivity index (χ1n) is 12.6. The number of nitrogens with one attached hydrogen (secondary N) is 1. The molecule has 3 N–H and O–H groups in total. The van der Waals surface area contributed by atoms with Gasteiger partial charge in [-0.2, -0.15) is 31.4 Å². The van der Waals surface area contributed by atoms with E-state index < -0.39 is 24.3 Å². The standard InChI is InChI=1S/C23H22N6O.2C2HF3O2/c30-23(20-8-4-5-13-24-20)28-14-11-17(12-15-28)22-26-21-10-9-19(16-29(21)27-22)25-18-6-2-1-3-7-18;2*3-2(4,5)1(6)7/h1-10,13,16-17,25H,11-12,14-15H2;2*(H,6,7). The third-order valence-corrected chi connectivity index (χ3v) is 5.93. The van der Waals surface area contributed by atoms with Crippen molar-refractivity contribution >= 4 is 34.9 Å². The second-order valence-corrected chi connectivity index (χ2v) is 9.07. The SMILES string of the molecule is O=C(O)C(F)(F)F.O=C(O)C(F)(F)F.O=C(c1ccccn1)N1CCC(c2nc3ccc(Nc4ccccc4)cn3n2)CC1. The number of hydrogen-bond donors (Lipinski definition) is 3. The number of carbonyl (C=O) groups excluding carboxylic acids is 1. The lowest BCUT2D eigenvalue weighted by molar-refractivity contribution is -0.193. The molecule has 1 aliphatic rings. The van der Waals surface area contributed by atoms with Gasteiger partial charge in [-0.1, -0.05) is 24.3 Å². The Labute approximate surface area is 244 Å². The van der Waals surface area contributed by atoms with Crippen LogP contribution in [0.25, 0.3) is 5.65 Å². The number of rotatable bonds is 4. The molecule has 1 amide bonds. The van der Waals surface area contributed by atoms with Gasteiger partial charge in [0.15, 0.2) is 11.5 Å². The zero-order valence-electron chi connectivity index (χ0n) is 22.5. The molecule has 44 heavy (non-hydrogen) atoms. The fourth-order valence-electron chi connectivity index (χ4n) is 3.83. The van der Waals surface area contributed by atoms with Crippen molar-refractivity contribution in [3.05, 3.63) is 84.6 Å². The summed E-state index contributed by atoms with van der Waals surface area (Å²) in [5.74, 6) is -4.42. The summed E-state index contributed by atoms with van der Waals surface area (Å²) in [5.41, 5.74) is 3.32. The van der Waals surface area contributed by atoms with Crippen LogP contribution >= 0.6 is 0 Å². The Hall–Kier alpha value is -5.22. The molecule has 1 aliphatic heterocycles. The van der Waals surface area contributed by atoms with Gasteiger partial charge in [-0.05, 0) is 49.2 Å². The van der Waals surface area contributed by atoms with Gasteiger partial charge in [0.2, 0.25) is 0 Å². The van der Waals surface area contributed by atoms with E-state index in [1.807, 2.05) is 70.2 Å². The average molecular weight is 627 g/mol. The zero-order chi connectivity index (χ0) is 32.5. The summed E-state index contributed by atoms with van der Waals surface area (Å²) in [6.07, 6.45) is -4.85. The molecule has 0 bridgehead atoms. The van der Waals surface area contributed by atoms with Gasteiger partial charge in [-0.3, -0.25) is 9.78 Å². The number of pyridine rings is 2. The number of aliphatic carboxylic acids is 2. The molecule has 4 aromatic rings. The Balaban J connectivity index is 0.000000317. The summed E-state index contributed by atoms with van der Waals surface area (Å²) in [7, 11) is 0. The Bertz CT molecular complexity index is 1530. The number of para-hydroxylation sites is 1. The third-order valence-electron chi connectivity index (χ3n) is 5.93. The van der Waals surface area contributed by atoms with Crippen molar-refractivity contribution in [3.63, 3.8) is 0 Å². The van der Waals surface area contributed by atoms with E-state index in [2.05, 4.69) is 10.3 Å². The summed E-state index contributed by atoms with van der Waals surface area (Å²) in [6.45, 7) is 1.38. The lowest BCUT2D eigenvalue weighted by Gasteiger charge is -2.30. The van der Waals surface area contributed by atoms with Crippen molar-refractivity contribution in [1.29, 1.82) is 0 Å². The molecule has 17 heteroatoms. The van der Waals surface area contributed by atoms with E-state index in [-0.39, 0.29) is 11.8 Å². The Morgan fingerprint density at radius 1 is 0.795 bits per heavy atom. The van der Waals surface area contributed by atoms with E-state index in [1.54, 1.807) is 12.3 Å². The summed E-state index contributed by atoms with van der Waals surface area (Å²) < 4.78 is 65.3. The van der Waals surface area contributed by atoms with Crippen molar-refractivity contribution in [3.8, 4) is 0 Å². The molecule has 1 aromatic carbocycles. The number of piperidine rings is 1. The highest BCUT2D eigenvalue weighted by atomic mass is 19.4. The summed E-state index contributed by atoms with van der Waals surface area (Å²) in [4.78, 5) is 41.1. The van der Waals surface area contributed by atoms with Crippen molar-refractivity contribution in [2.45, 2.75) is 31.1 Å². The molecule has 0 unspecified atom stereocenters. The number of fused-ring (bicyclic) bond motifs is 1. The molecule has 1 saturated heterocycles. The number of hydrogen-bond acceptors (Lipinski definition) is 7. The maximum atomic E-state index is 12.6. The smallest absolute Gasteiger partial charge is 0.475 e. The molecule has 234 valence electrons. The average Bonchev–Trinajstić information content (AvgIpc) is 3.41. The van der Waals surface area contributed by atoms with Crippen molar-refractivity contribution < 1.29 is 50.9 Å². The number of anilines is 2. The molecule has 0 saturated carbocycles. The van der Waals surface area contributed by atoms with Crippen molar-refractivity contribution in [2.75, 3.05) is 18.4 Å². The van der Waals surface area contributed by atoms with Gasteiger partial charge in [0, 0.05) is 30.9 Å². The molecule has 4 heterocycles. The zero-order valence-corrected chi connectivity index (χ0v) is 22.5. The predicted octanol–water partition coefficient (Wildman–Crippen LogP) is 5.15. The fourth-order valence-corrected chi connectivity index (χ4v) is 3.83. The monoisotopic (exact) mass is 626 g/mol. The highest BCUT2D eigenvalue weighted by molar-refractivity contribution is 5.92. The van der Waals surface area contributed by atoms with Gasteiger partial charge in [0.25, 0.3) is 5.91 Å². The molecule has 3 aromatic heterocycles. The van der Waals surface area contributed by atoms with Crippen LogP contribution in [0.1, 0.15) is 35.1 Å². The van der Waals surface area contributed by atoms with Crippen LogP contribution in [0.5, 0.6) is 0 Å². The molecule has 0 atom stereocenters. The van der Waals surface area contributed by atoms with E-state index in [0.29, 0.717) is 18.8 Å². The number of carboxylic acid groups (broad SMARTS) is 2. The first kappa shape index (κ1) is 33.3. The van der Waals surface area contributed by atoms with E-state index in [9.17, 15) is 31.1 Å². The fraction of sp³-hybridized carbons (Fsp3) is 0.259. The first-order valence-corrected chi connectivity index (χ1v) is 12.6. The summed E-state index contributed by atoms with van der Waals surface area (Å²) in [5, 5.41) is 22.3. The lowest BCUT2D eigenvalue weighted by atomic mass is 9.96. The Kier molecular flexibility index (Phi) is 10.8. The molecule has 11 nitrogen and oxygen atoms in total. The third kappa shape index (κ3) is 9.67. The molecular weight excluding hydrogens is 602 g/mol. The summed E-state index contributed by atoms with van der Waals surface area (Å²) in [6, 6.07) is 19.4. The van der Waals surface area contributed by atoms with E-state index in [4.69, 9.17) is 29.9 Å². The van der Waals surface area contributed by atoms with Crippen LogP contribution < -0.4 is 5.32 Å². The van der Waals surface area contributed by atoms with E-state index in [0.717, 1.165) is 35.7 Å². The topological polar surface area (TPSA) is 150 Å². The van der Waals surface area contributed by atoms with Crippen LogP contribution in [0.3, 0.4) is 0 Å². The number of amides is 1. The minimum absolute atomic E-state index is 0.00589. The number of aromatic nitrogens is 4. The molecule has 0 radical (unpaired) electrons. The minimum Gasteiger partial charge on any atom is -0.475 e. The second kappa shape index (κ2) is 14.3. The van der Waals surface area contributed by atoms with Gasteiger partial charge >= 0.3 is 24.3 Å². The number of carboxylic acids is 2. The number of likely N-dealkylation sites (tertiary alicyclic amines) is 1. The van der Waals surface area contributed by atoms with Gasteiger partial charge in [-0.25, -0.2) is 19.1 Å². The van der Waals surface area contributed by atoms with Crippen LogP contribution in [-0.2, 0) is 9.59 Å². The van der Waals surface area contributed by atoms with Crippen LogP contribution in [-0.4, -0.2) is 78.0 Å². The first-order chi connectivity index (χ1) is 20.6. The largest absolute Gasteiger partial charge is 0.490 e. The maximum Gasteiger partial charge on any atom is 0.490 e. The quantitative estimate of drug-likeness (QED) is 0.261. The number of alkyl halides is 6. The normalized spacial score (nSPS) is 13.6. The number of benzene rings is 1. The van der Waals surface area contributed by atoms with Gasteiger partial charge in [0.1, 0.15) is 5.69 Å². The summed E-state index contributed by atoms with van der Waals surface area (Å²) >= 11 is 0. The van der Waals surface area contributed by atoms with Crippen LogP contribution in [0, 0.1) is 0 Å². The van der Waals surface area contributed by atoms with Crippen LogP contribution in [0.4, 0.5) is 37.7 Å². The number of nitrogens with zero attached hydrogens (tertiary/aromatic N) is 5. The van der Waals surface area contributed by atoms with E-state index >= 15 is 0 Å². The minimum atomic E-state index is -5.08. The maximum absolute atomic E-state index is 12.6. The Morgan fingerprint density at radius 3 is 1.89 bits per heavy atom. The van der Waals surface area contributed by atoms with Crippen LogP contribution in [0.2, 0.25) is 0 Å². The van der Waals surface area contributed by atoms with Gasteiger partial charge in [0.05, 0.1) is 11.9 Å². The Morgan fingerprint density at radius 2 is 1.36 bits per heavy atom. The predicted molar refractivity (Wildman–Crippen MR) is 142 cm³/mol. The van der Waals surface area contributed by atoms with Crippen molar-refractivity contribution in [1.82, 2.24) is 24.5 Å². The molecule has 0 spiro atoms. The second-order valence-electron chi connectivity index (χ2n) is 9.07. The number of halogens is 6. The molecule has 5 rings (SSSR count). The lowest BCUT2D eigenvalue weighted by Crippen LogP contribution is -2.38. The van der Waals surface area contributed by atoms with Gasteiger partial charge in [-0.15, -0.1) is 0 Å². The van der Waals surface area contributed by atoms with Gasteiger partial charge < -0.3 is 20.4 Å². The highest BCUT2D eigenvalue weighted by Gasteiger charge is 2.39. The highest BCUT2D eigenvalue weighted by Crippen LogP contribution is 2.27.